The predicted molar refractivity (Wildman–Crippen MR) is 100 cm³/mol. The Bertz CT molecular complexity index is 570. The fraction of sp³-hybridized carbons (Fsp3) is 0.650. The Kier molecular flexibility index (Phi) is 6.88. The van der Waals surface area contributed by atoms with E-state index in [1.165, 1.54) is 57.6 Å². The molecule has 0 radical (unpaired) electrons. The number of alkyl carbamates (subject to hydrolysis) is 1. The van der Waals surface area contributed by atoms with E-state index in [1.807, 2.05) is 12.1 Å². The quantitative estimate of drug-likeness (QED) is 0.853. The molecule has 1 saturated heterocycles. The number of carbonyl (C=O) groups excluding carboxylic acids is 1. The van der Waals surface area contributed by atoms with Crippen molar-refractivity contribution in [2.45, 2.75) is 76.8 Å². The number of methoxy groups -OCH3 is 1. The fourth-order valence-corrected chi connectivity index (χ4v) is 4.04. The van der Waals surface area contributed by atoms with Gasteiger partial charge in [0.25, 0.3) is 0 Å². The molecule has 6 heteroatoms. The van der Waals surface area contributed by atoms with Crippen LogP contribution in [0.5, 0.6) is 0 Å². The first kappa shape index (κ1) is 19.1. The van der Waals surface area contributed by atoms with Crippen LogP contribution >= 0.6 is 0 Å². The molecule has 1 aromatic rings. The number of hydrogen-bond acceptors (Lipinski definition) is 5. The van der Waals surface area contributed by atoms with Gasteiger partial charge in [0, 0.05) is 12.6 Å². The molecule has 26 heavy (non-hydrogen) atoms. The monoisotopic (exact) mass is 361 g/mol. The van der Waals surface area contributed by atoms with E-state index < -0.39 is 6.09 Å². The average molecular weight is 361 g/mol. The van der Waals surface area contributed by atoms with Crippen LogP contribution in [0.2, 0.25) is 0 Å². The van der Waals surface area contributed by atoms with E-state index in [9.17, 15) is 4.79 Å². The highest BCUT2D eigenvalue weighted by Gasteiger charge is 2.37. The highest BCUT2D eigenvalue weighted by molar-refractivity contribution is 5.66. The molecule has 1 aromatic carbocycles. The van der Waals surface area contributed by atoms with Gasteiger partial charge in [-0.15, -0.1) is 0 Å². The van der Waals surface area contributed by atoms with Crippen LogP contribution in [0.3, 0.4) is 0 Å². The maximum absolute atomic E-state index is 11.2. The zero-order valence-electron chi connectivity index (χ0n) is 15.9. The van der Waals surface area contributed by atoms with E-state index in [4.69, 9.17) is 4.84 Å². The van der Waals surface area contributed by atoms with Crippen LogP contribution in [-0.2, 0) is 16.1 Å². The number of hydroxylamine groups is 1. The van der Waals surface area contributed by atoms with E-state index in [0.717, 1.165) is 5.56 Å². The molecule has 6 nitrogen and oxygen atoms in total. The fourth-order valence-electron chi connectivity index (χ4n) is 4.04. The van der Waals surface area contributed by atoms with Gasteiger partial charge in [0.2, 0.25) is 0 Å². The van der Waals surface area contributed by atoms with Crippen molar-refractivity contribution in [1.29, 1.82) is 0 Å². The number of carbonyl (C=O) groups is 1. The van der Waals surface area contributed by atoms with Crippen molar-refractivity contribution in [1.82, 2.24) is 15.7 Å². The van der Waals surface area contributed by atoms with Crippen LogP contribution < -0.4 is 10.8 Å². The molecule has 0 bridgehead atoms. The van der Waals surface area contributed by atoms with Gasteiger partial charge >= 0.3 is 6.09 Å². The van der Waals surface area contributed by atoms with E-state index in [0.29, 0.717) is 12.6 Å². The van der Waals surface area contributed by atoms with Crippen molar-refractivity contribution in [2.24, 2.45) is 0 Å². The molecule has 1 aliphatic heterocycles. The standard InChI is InChI=1S/C20H31N3O3/c1-15-23(18-8-6-4-3-5-7-9-18)19(22-26-15)17-12-10-16(11-13-17)14-21-20(24)25-2/h10-13,15,18-19,22H,3-9,14H2,1-2H3,(H,21,24). The third-order valence-electron chi connectivity index (χ3n) is 5.48. The Balaban J connectivity index is 1.67. The number of hydrogen-bond donors (Lipinski definition) is 2. The summed E-state index contributed by atoms with van der Waals surface area (Å²) < 4.78 is 4.61. The van der Waals surface area contributed by atoms with E-state index in [2.05, 4.69) is 39.5 Å². The molecule has 1 heterocycles. The molecule has 144 valence electrons. The van der Waals surface area contributed by atoms with E-state index in [1.54, 1.807) is 0 Å². The lowest BCUT2D eigenvalue weighted by Gasteiger charge is -2.35. The molecule has 0 spiro atoms. The lowest BCUT2D eigenvalue weighted by molar-refractivity contribution is -0.0127. The first-order valence-corrected chi connectivity index (χ1v) is 9.78. The molecule has 3 rings (SSSR count). The number of amides is 1. The molecule has 0 aromatic heterocycles. The summed E-state index contributed by atoms with van der Waals surface area (Å²) in [6.07, 6.45) is 8.91. The van der Waals surface area contributed by atoms with Crippen LogP contribution in [-0.4, -0.2) is 30.4 Å². The predicted octanol–water partition coefficient (Wildman–Crippen LogP) is 3.84. The maximum Gasteiger partial charge on any atom is 0.407 e. The van der Waals surface area contributed by atoms with Crippen molar-refractivity contribution in [3.63, 3.8) is 0 Å². The normalized spacial score (nSPS) is 25.5. The Morgan fingerprint density at radius 2 is 1.85 bits per heavy atom. The van der Waals surface area contributed by atoms with Crippen LogP contribution in [0.15, 0.2) is 24.3 Å². The highest BCUT2D eigenvalue weighted by atomic mass is 16.7. The second-order valence-electron chi connectivity index (χ2n) is 7.27. The SMILES string of the molecule is COC(=O)NCc1ccc(C2NOC(C)N2C2CCCCCCC2)cc1. The molecule has 2 aliphatic rings. The number of benzene rings is 1. The summed E-state index contributed by atoms with van der Waals surface area (Å²) >= 11 is 0. The van der Waals surface area contributed by atoms with Gasteiger partial charge in [0.05, 0.1) is 7.11 Å². The molecule has 2 N–H and O–H groups in total. The second-order valence-corrected chi connectivity index (χ2v) is 7.27. The number of nitrogens with one attached hydrogen (secondary N) is 2. The second kappa shape index (κ2) is 9.35. The van der Waals surface area contributed by atoms with Gasteiger partial charge in [0.1, 0.15) is 12.4 Å². The topological polar surface area (TPSA) is 62.8 Å². The van der Waals surface area contributed by atoms with Crippen LogP contribution in [0, 0.1) is 0 Å². The molecular formula is C20H31N3O3. The largest absolute Gasteiger partial charge is 0.453 e. The lowest BCUT2D eigenvalue weighted by atomic mass is 9.94. The van der Waals surface area contributed by atoms with Gasteiger partial charge < -0.3 is 10.1 Å². The van der Waals surface area contributed by atoms with Crippen molar-refractivity contribution in [3.8, 4) is 0 Å². The molecule has 1 saturated carbocycles. The van der Waals surface area contributed by atoms with Crippen molar-refractivity contribution >= 4 is 6.09 Å². The van der Waals surface area contributed by atoms with Crippen molar-refractivity contribution < 1.29 is 14.4 Å². The summed E-state index contributed by atoms with van der Waals surface area (Å²) in [4.78, 5) is 19.5. The van der Waals surface area contributed by atoms with E-state index in [-0.39, 0.29) is 12.4 Å². The minimum atomic E-state index is -0.413. The maximum atomic E-state index is 11.2. The first-order chi connectivity index (χ1) is 12.7. The minimum Gasteiger partial charge on any atom is -0.453 e. The van der Waals surface area contributed by atoms with Crippen LogP contribution in [0.4, 0.5) is 4.79 Å². The lowest BCUT2D eigenvalue weighted by Crippen LogP contribution is -2.41. The number of nitrogens with zero attached hydrogens (tertiary/aromatic N) is 1. The van der Waals surface area contributed by atoms with Crippen molar-refractivity contribution in [2.75, 3.05) is 7.11 Å². The summed E-state index contributed by atoms with van der Waals surface area (Å²) in [5, 5.41) is 2.71. The third kappa shape index (κ3) is 4.75. The Hall–Kier alpha value is -1.63. The van der Waals surface area contributed by atoms with Gasteiger partial charge in [-0.25, -0.2) is 4.79 Å². The Labute approximate surface area is 156 Å². The summed E-state index contributed by atoms with van der Waals surface area (Å²) in [6.45, 7) is 2.59. The highest BCUT2D eigenvalue weighted by Crippen LogP contribution is 2.33. The zero-order chi connectivity index (χ0) is 18.4. The van der Waals surface area contributed by atoms with Gasteiger partial charge in [-0.05, 0) is 30.9 Å². The smallest absolute Gasteiger partial charge is 0.407 e. The molecular weight excluding hydrogens is 330 g/mol. The summed E-state index contributed by atoms with van der Waals surface area (Å²) in [5.41, 5.74) is 5.46. The van der Waals surface area contributed by atoms with Gasteiger partial charge in [0.15, 0.2) is 0 Å². The van der Waals surface area contributed by atoms with Gasteiger partial charge in [-0.3, -0.25) is 9.74 Å². The van der Waals surface area contributed by atoms with Gasteiger partial charge in [-0.1, -0.05) is 56.4 Å². The van der Waals surface area contributed by atoms with Gasteiger partial charge in [-0.2, -0.15) is 5.48 Å². The van der Waals surface area contributed by atoms with Crippen LogP contribution in [0.25, 0.3) is 0 Å². The molecule has 1 aliphatic carbocycles. The molecule has 2 unspecified atom stereocenters. The van der Waals surface area contributed by atoms with E-state index >= 15 is 0 Å². The first-order valence-electron chi connectivity index (χ1n) is 9.78. The van der Waals surface area contributed by atoms with Crippen molar-refractivity contribution in [3.05, 3.63) is 35.4 Å². The van der Waals surface area contributed by atoms with Crippen LogP contribution in [0.1, 0.15) is 69.2 Å². The number of rotatable bonds is 4. The molecule has 2 fully saturated rings. The summed E-state index contributed by atoms with van der Waals surface area (Å²) in [5.74, 6) is 0. The third-order valence-corrected chi connectivity index (χ3v) is 5.48. The summed E-state index contributed by atoms with van der Waals surface area (Å²) in [7, 11) is 1.37. The molecule has 2 atom stereocenters. The minimum absolute atomic E-state index is 0.0742. The Morgan fingerprint density at radius 3 is 2.50 bits per heavy atom. The summed E-state index contributed by atoms with van der Waals surface area (Å²) in [6, 6.07) is 8.89. The molecule has 1 amide bonds. The Morgan fingerprint density at radius 1 is 1.19 bits per heavy atom. The average Bonchev–Trinajstić information content (AvgIpc) is 3.01. The zero-order valence-corrected chi connectivity index (χ0v) is 15.9. The number of ether oxygens (including phenoxy) is 1.